The van der Waals surface area contributed by atoms with Gasteiger partial charge in [-0.15, -0.1) is 0 Å². The van der Waals surface area contributed by atoms with E-state index in [4.69, 9.17) is 0 Å². The van der Waals surface area contributed by atoms with E-state index >= 15 is 0 Å². The first kappa shape index (κ1) is 15.1. The van der Waals surface area contributed by atoms with Crippen LogP contribution in [-0.2, 0) is 0 Å². The lowest BCUT2D eigenvalue weighted by Crippen LogP contribution is -2.22. The summed E-state index contributed by atoms with van der Waals surface area (Å²) < 4.78 is 37.6. The van der Waals surface area contributed by atoms with E-state index in [2.05, 4.69) is 11.6 Å². The molecule has 0 heterocycles. The first-order chi connectivity index (χ1) is 8.75. The van der Waals surface area contributed by atoms with Crippen molar-refractivity contribution < 1.29 is 18.0 Å². The lowest BCUT2D eigenvalue weighted by molar-refractivity contribution is -0.0601. The Morgan fingerprint density at radius 3 is 2.05 bits per heavy atom. The molecule has 5 heteroatoms. The topological polar surface area (TPSA) is 29.4 Å². The van der Waals surface area contributed by atoms with Crippen LogP contribution in [0.15, 0.2) is 35.8 Å². The number of ketones is 1. The van der Waals surface area contributed by atoms with E-state index in [1.807, 2.05) is 0 Å². The number of carbonyl (C=O) groups excluding carboxylic acids is 1. The van der Waals surface area contributed by atoms with Gasteiger partial charge in [-0.3, -0.25) is 4.79 Å². The number of aliphatic imine (C=N–C) groups is 1. The molecule has 0 aliphatic carbocycles. The predicted molar refractivity (Wildman–Crippen MR) is 69.3 cm³/mol. The van der Waals surface area contributed by atoms with Crippen LogP contribution in [0.5, 0.6) is 0 Å². The lowest BCUT2D eigenvalue weighted by atomic mass is 10.1. The van der Waals surface area contributed by atoms with Gasteiger partial charge in [-0.2, -0.15) is 13.2 Å². The number of alkyl halides is 3. The normalized spacial score (nSPS) is 12.4. The highest BCUT2D eigenvalue weighted by Gasteiger charge is 2.34. The molecule has 1 rings (SSSR count). The number of halogens is 3. The minimum atomic E-state index is -4.45. The fourth-order valence-corrected chi connectivity index (χ4v) is 1.47. The maximum Gasteiger partial charge on any atom is 0.429 e. The Hall–Kier alpha value is -1.91. The van der Waals surface area contributed by atoms with Crippen LogP contribution < -0.4 is 0 Å². The Morgan fingerprint density at radius 1 is 1.21 bits per heavy atom. The summed E-state index contributed by atoms with van der Waals surface area (Å²) in [5, 5.41) is 0. The van der Waals surface area contributed by atoms with Crippen LogP contribution >= 0.6 is 0 Å². The molecule has 1 aromatic rings. The molecule has 102 valence electrons. The number of nitrogens with zero attached hydrogens (tertiary/aromatic N) is 1. The zero-order valence-corrected chi connectivity index (χ0v) is 10.7. The van der Waals surface area contributed by atoms with Gasteiger partial charge in [0.05, 0.1) is 5.70 Å². The van der Waals surface area contributed by atoms with Crippen molar-refractivity contribution >= 4 is 17.2 Å². The van der Waals surface area contributed by atoms with Gasteiger partial charge in [-0.1, -0.05) is 37.8 Å². The molecule has 0 amide bonds. The van der Waals surface area contributed by atoms with E-state index in [9.17, 15) is 18.0 Å². The van der Waals surface area contributed by atoms with Gasteiger partial charge in [-0.05, 0) is 18.9 Å². The van der Waals surface area contributed by atoms with Crippen molar-refractivity contribution in [3.8, 4) is 0 Å². The molecule has 2 nitrogen and oxygen atoms in total. The van der Waals surface area contributed by atoms with Crippen LogP contribution in [0.2, 0.25) is 0 Å². The van der Waals surface area contributed by atoms with Gasteiger partial charge in [0.2, 0.25) is 0 Å². The highest BCUT2D eigenvalue weighted by atomic mass is 19.4. The van der Waals surface area contributed by atoms with Gasteiger partial charge in [0.1, 0.15) is 5.71 Å². The second-order valence-electron chi connectivity index (χ2n) is 3.99. The lowest BCUT2D eigenvalue weighted by Gasteiger charge is -2.09. The van der Waals surface area contributed by atoms with Crippen molar-refractivity contribution in [2.24, 2.45) is 4.99 Å². The Bertz CT molecular complexity index is 512. The average molecular weight is 269 g/mol. The third kappa shape index (κ3) is 4.05. The summed E-state index contributed by atoms with van der Waals surface area (Å²) in [4.78, 5) is 14.6. The van der Waals surface area contributed by atoms with E-state index in [0.717, 1.165) is 0 Å². The molecule has 0 atom stereocenters. The largest absolute Gasteiger partial charge is 0.429 e. The van der Waals surface area contributed by atoms with E-state index in [-0.39, 0.29) is 17.9 Å². The first-order valence-corrected chi connectivity index (χ1v) is 5.70. The second kappa shape index (κ2) is 5.82. The number of hydrogen-bond acceptors (Lipinski definition) is 2. The molecular weight excluding hydrogens is 255 g/mol. The van der Waals surface area contributed by atoms with Crippen LogP contribution in [0.1, 0.15) is 36.2 Å². The van der Waals surface area contributed by atoms with E-state index in [0.29, 0.717) is 11.1 Å². The summed E-state index contributed by atoms with van der Waals surface area (Å²) in [5.74, 6) is -0.106. The molecule has 0 aliphatic rings. The summed E-state index contributed by atoms with van der Waals surface area (Å²) >= 11 is 0. The van der Waals surface area contributed by atoms with Crippen molar-refractivity contribution in [1.29, 1.82) is 0 Å². The predicted octanol–water partition coefficient (Wildman–Crippen LogP) is 4.27. The van der Waals surface area contributed by atoms with Crippen molar-refractivity contribution in [1.82, 2.24) is 0 Å². The highest BCUT2D eigenvalue weighted by molar-refractivity contribution is 5.95. The smallest absolute Gasteiger partial charge is 0.295 e. The first-order valence-electron chi connectivity index (χ1n) is 5.70. The number of benzene rings is 1. The molecule has 19 heavy (non-hydrogen) atoms. The minimum absolute atomic E-state index is 0.0317. The fraction of sp³-hybridized carbons (Fsp3) is 0.286. The average Bonchev–Trinajstić information content (AvgIpc) is 2.34. The molecule has 1 aromatic carbocycles. The molecule has 0 N–H and O–H groups in total. The molecule has 0 aromatic heterocycles. The Labute approximate surface area is 109 Å². The third-order valence-corrected chi connectivity index (χ3v) is 2.56. The van der Waals surface area contributed by atoms with E-state index < -0.39 is 11.9 Å². The van der Waals surface area contributed by atoms with Crippen LogP contribution in [0.4, 0.5) is 13.2 Å². The molecule has 0 unspecified atom stereocenters. The van der Waals surface area contributed by atoms with Gasteiger partial charge in [0.15, 0.2) is 5.78 Å². The SMILES string of the molecule is C=C(N=C(CC)C(F)(F)F)c1ccc(C(C)=O)cc1. The molecule has 0 saturated carbocycles. The van der Waals surface area contributed by atoms with Gasteiger partial charge < -0.3 is 0 Å². The van der Waals surface area contributed by atoms with E-state index in [1.165, 1.54) is 38.1 Å². The van der Waals surface area contributed by atoms with Crippen LogP contribution in [0.25, 0.3) is 5.70 Å². The van der Waals surface area contributed by atoms with Gasteiger partial charge in [0.25, 0.3) is 0 Å². The molecule has 0 saturated heterocycles. The molecule has 0 fully saturated rings. The van der Waals surface area contributed by atoms with Crippen LogP contribution in [0, 0.1) is 0 Å². The molecule has 0 aliphatic heterocycles. The van der Waals surface area contributed by atoms with Gasteiger partial charge in [-0.25, -0.2) is 4.99 Å². The number of carbonyl (C=O) groups is 1. The summed E-state index contributed by atoms with van der Waals surface area (Å²) in [6, 6.07) is 6.15. The van der Waals surface area contributed by atoms with Crippen LogP contribution in [0.3, 0.4) is 0 Å². The Kier molecular flexibility index (Phi) is 4.64. The summed E-state index contributed by atoms with van der Waals surface area (Å²) in [5.41, 5.74) is 0.115. The van der Waals surface area contributed by atoms with Crippen molar-refractivity contribution in [3.63, 3.8) is 0 Å². The maximum absolute atomic E-state index is 12.5. The number of rotatable bonds is 4. The fourth-order valence-electron chi connectivity index (χ4n) is 1.47. The molecule has 0 bridgehead atoms. The summed E-state index contributed by atoms with van der Waals surface area (Å²) in [6.45, 7) is 6.33. The Balaban J connectivity index is 3.01. The minimum Gasteiger partial charge on any atom is -0.295 e. The van der Waals surface area contributed by atoms with E-state index in [1.54, 1.807) is 0 Å². The monoisotopic (exact) mass is 269 g/mol. The highest BCUT2D eigenvalue weighted by Crippen LogP contribution is 2.23. The number of Topliss-reactive ketones (excluding diaryl/α,β-unsaturated/α-hetero) is 1. The maximum atomic E-state index is 12.5. The number of hydrogen-bond donors (Lipinski definition) is 0. The van der Waals surface area contributed by atoms with Crippen LogP contribution in [-0.4, -0.2) is 17.7 Å². The summed E-state index contributed by atoms with van der Waals surface area (Å²) in [6.07, 6.45) is -4.66. The quantitative estimate of drug-likeness (QED) is 0.592. The molecule has 0 spiro atoms. The summed E-state index contributed by atoms with van der Waals surface area (Å²) in [7, 11) is 0. The second-order valence-corrected chi connectivity index (χ2v) is 3.99. The zero-order chi connectivity index (χ0) is 14.6. The molecule has 0 radical (unpaired) electrons. The van der Waals surface area contributed by atoms with Crippen molar-refractivity contribution in [2.75, 3.05) is 0 Å². The third-order valence-electron chi connectivity index (χ3n) is 2.56. The van der Waals surface area contributed by atoms with Gasteiger partial charge in [0, 0.05) is 5.56 Å². The van der Waals surface area contributed by atoms with Crippen molar-refractivity contribution in [2.45, 2.75) is 26.4 Å². The zero-order valence-electron chi connectivity index (χ0n) is 10.7. The standard InChI is InChI=1S/C14H14F3NO/c1-4-13(14(15,16)17)18-9(2)11-5-7-12(8-6-11)10(3)19/h5-8H,2,4H2,1,3H3. The van der Waals surface area contributed by atoms with Gasteiger partial charge >= 0.3 is 6.18 Å². The molecular formula is C14H14F3NO. The van der Waals surface area contributed by atoms with Crippen molar-refractivity contribution in [3.05, 3.63) is 42.0 Å². The Morgan fingerprint density at radius 2 is 1.68 bits per heavy atom.